The van der Waals surface area contributed by atoms with E-state index in [4.69, 9.17) is 21.1 Å². The van der Waals surface area contributed by atoms with Crippen LogP contribution in [-0.2, 0) is 16.0 Å². The van der Waals surface area contributed by atoms with E-state index in [1.54, 1.807) is 0 Å². The molecular weight excluding hydrogens is 447 g/mol. The van der Waals surface area contributed by atoms with E-state index >= 15 is 0 Å². The standard InChI is InChI=1S/C25H26ClFN2O4/c1-15-2-7-21-16(8-15)3-4-18(33-21)10-28-23(31)24-12-25(13-24,14-24)29-22(30)11-32-17-5-6-19(26)20(27)9-17/h2,5-9,18H,3-4,10-14H2,1H3,(H,28,31)(H,29,30). The van der Waals surface area contributed by atoms with Gasteiger partial charge in [-0.15, -0.1) is 0 Å². The molecule has 0 saturated heterocycles. The van der Waals surface area contributed by atoms with Crippen LogP contribution in [-0.4, -0.2) is 36.6 Å². The van der Waals surface area contributed by atoms with E-state index in [-0.39, 0.29) is 40.8 Å². The summed E-state index contributed by atoms with van der Waals surface area (Å²) in [5, 5.41) is 6.02. The Morgan fingerprint density at radius 2 is 2.00 bits per heavy atom. The quantitative estimate of drug-likeness (QED) is 0.644. The van der Waals surface area contributed by atoms with Crippen LogP contribution in [0, 0.1) is 18.2 Å². The van der Waals surface area contributed by atoms with Gasteiger partial charge in [0.2, 0.25) is 5.91 Å². The van der Waals surface area contributed by atoms with Crippen molar-refractivity contribution in [3.63, 3.8) is 0 Å². The van der Waals surface area contributed by atoms with Crippen LogP contribution >= 0.6 is 11.6 Å². The summed E-state index contributed by atoms with van der Waals surface area (Å²) in [5.74, 6) is 0.290. The summed E-state index contributed by atoms with van der Waals surface area (Å²) in [5.41, 5.74) is 1.72. The molecule has 8 heteroatoms. The Morgan fingerprint density at radius 1 is 1.21 bits per heavy atom. The first-order valence-corrected chi connectivity index (χ1v) is 11.6. The molecule has 0 spiro atoms. The van der Waals surface area contributed by atoms with Crippen molar-refractivity contribution in [2.75, 3.05) is 13.2 Å². The third kappa shape index (κ3) is 4.26. The molecule has 1 aliphatic heterocycles. The Hall–Kier alpha value is -2.80. The van der Waals surface area contributed by atoms with Crippen LogP contribution in [0.4, 0.5) is 4.39 Å². The Labute approximate surface area is 196 Å². The summed E-state index contributed by atoms with van der Waals surface area (Å²) in [6.45, 7) is 2.33. The van der Waals surface area contributed by atoms with Gasteiger partial charge in [-0.25, -0.2) is 4.39 Å². The molecule has 0 aromatic heterocycles. The maximum Gasteiger partial charge on any atom is 0.258 e. The van der Waals surface area contributed by atoms with Gasteiger partial charge in [0.25, 0.3) is 5.91 Å². The molecule has 2 amide bonds. The molecule has 4 aliphatic rings. The van der Waals surface area contributed by atoms with Crippen LogP contribution in [0.2, 0.25) is 5.02 Å². The number of benzene rings is 2. The lowest BCUT2D eigenvalue weighted by Gasteiger charge is -2.69. The number of rotatable bonds is 7. The minimum absolute atomic E-state index is 0.000748. The zero-order chi connectivity index (χ0) is 23.2. The lowest BCUT2D eigenvalue weighted by molar-refractivity contribution is -0.184. The van der Waals surface area contributed by atoms with E-state index in [1.165, 1.54) is 23.3 Å². The fourth-order valence-corrected chi connectivity index (χ4v) is 5.44. The van der Waals surface area contributed by atoms with Crippen LogP contribution in [0.5, 0.6) is 11.5 Å². The summed E-state index contributed by atoms with van der Waals surface area (Å²) in [7, 11) is 0. The normalized spacial score (nSPS) is 26.7. The Bertz CT molecular complexity index is 1100. The SMILES string of the molecule is Cc1ccc2c(c1)CCC(CNC(=O)C13CC(NC(=O)COc4ccc(Cl)c(F)c4)(C1)C3)O2. The molecule has 2 bridgehead atoms. The van der Waals surface area contributed by atoms with Crippen LogP contribution in [0.15, 0.2) is 36.4 Å². The lowest BCUT2D eigenvalue weighted by atomic mass is 9.39. The number of fused-ring (bicyclic) bond motifs is 1. The van der Waals surface area contributed by atoms with E-state index in [1.807, 2.05) is 12.1 Å². The average Bonchev–Trinajstić information content (AvgIpc) is 2.74. The maximum atomic E-state index is 13.5. The summed E-state index contributed by atoms with van der Waals surface area (Å²) >= 11 is 5.64. The number of hydrogen-bond donors (Lipinski definition) is 2. The monoisotopic (exact) mass is 472 g/mol. The number of hydrogen-bond acceptors (Lipinski definition) is 4. The summed E-state index contributed by atoms with van der Waals surface area (Å²) in [4.78, 5) is 25.0. The number of carbonyl (C=O) groups is 2. The predicted octanol–water partition coefficient (Wildman–Crippen LogP) is 3.72. The largest absolute Gasteiger partial charge is 0.488 e. The van der Waals surface area contributed by atoms with Gasteiger partial charge in [0.1, 0.15) is 23.4 Å². The molecule has 3 aliphatic carbocycles. The molecule has 1 unspecified atom stereocenters. The van der Waals surface area contributed by atoms with Gasteiger partial charge in [-0.3, -0.25) is 9.59 Å². The molecule has 3 fully saturated rings. The molecule has 2 aromatic carbocycles. The van der Waals surface area contributed by atoms with E-state index in [9.17, 15) is 14.0 Å². The Morgan fingerprint density at radius 3 is 2.76 bits per heavy atom. The fourth-order valence-electron chi connectivity index (χ4n) is 5.32. The van der Waals surface area contributed by atoms with E-state index in [2.05, 4.69) is 23.6 Å². The average molecular weight is 473 g/mol. The molecule has 2 aromatic rings. The van der Waals surface area contributed by atoms with Crippen molar-refractivity contribution in [3.8, 4) is 11.5 Å². The van der Waals surface area contributed by atoms with E-state index < -0.39 is 11.2 Å². The molecule has 3 saturated carbocycles. The highest BCUT2D eigenvalue weighted by atomic mass is 35.5. The summed E-state index contributed by atoms with van der Waals surface area (Å²) < 4.78 is 24.9. The van der Waals surface area contributed by atoms with Crippen molar-refractivity contribution in [3.05, 3.63) is 58.4 Å². The molecule has 1 atom stereocenters. The smallest absolute Gasteiger partial charge is 0.258 e. The molecule has 2 N–H and O–H groups in total. The summed E-state index contributed by atoms with van der Waals surface area (Å²) in [6, 6.07) is 10.2. The van der Waals surface area contributed by atoms with Gasteiger partial charge < -0.3 is 20.1 Å². The van der Waals surface area contributed by atoms with Gasteiger partial charge in [0, 0.05) is 11.6 Å². The first-order chi connectivity index (χ1) is 15.8. The number of carbonyl (C=O) groups excluding carboxylic acids is 2. The van der Waals surface area contributed by atoms with Crippen LogP contribution in [0.25, 0.3) is 0 Å². The Balaban J connectivity index is 1.05. The molecule has 33 heavy (non-hydrogen) atoms. The van der Waals surface area contributed by atoms with Crippen molar-refractivity contribution in [2.24, 2.45) is 5.41 Å². The van der Waals surface area contributed by atoms with E-state index in [0.717, 1.165) is 24.7 Å². The number of amides is 2. The van der Waals surface area contributed by atoms with Crippen molar-refractivity contribution in [1.29, 1.82) is 0 Å². The molecular formula is C25H26ClFN2O4. The molecule has 6 rings (SSSR count). The van der Waals surface area contributed by atoms with Gasteiger partial charge in [-0.05, 0) is 62.8 Å². The third-order valence-corrected chi connectivity index (χ3v) is 7.22. The zero-order valence-electron chi connectivity index (χ0n) is 18.4. The van der Waals surface area contributed by atoms with Gasteiger partial charge in [0.05, 0.1) is 17.0 Å². The minimum Gasteiger partial charge on any atom is -0.488 e. The predicted molar refractivity (Wildman–Crippen MR) is 121 cm³/mol. The first kappa shape index (κ1) is 22.0. The van der Waals surface area contributed by atoms with Crippen LogP contribution < -0.4 is 20.1 Å². The molecule has 6 nitrogen and oxygen atoms in total. The molecule has 174 valence electrons. The maximum absolute atomic E-state index is 13.5. The number of aryl methyl sites for hydroxylation is 2. The van der Waals surface area contributed by atoms with Crippen molar-refractivity contribution in [2.45, 2.75) is 50.7 Å². The van der Waals surface area contributed by atoms with Crippen LogP contribution in [0.1, 0.15) is 36.8 Å². The first-order valence-electron chi connectivity index (χ1n) is 11.2. The fraction of sp³-hybridized carbons (Fsp3) is 0.440. The second-order valence-electron chi connectivity index (χ2n) is 9.60. The minimum atomic E-state index is -0.597. The Kier molecular flexibility index (Phi) is 5.47. The lowest BCUT2D eigenvalue weighted by Crippen LogP contribution is -2.78. The second-order valence-corrected chi connectivity index (χ2v) is 10.0. The highest BCUT2D eigenvalue weighted by Crippen LogP contribution is 2.67. The second kappa shape index (κ2) is 8.20. The molecule has 1 heterocycles. The van der Waals surface area contributed by atoms with E-state index in [0.29, 0.717) is 25.8 Å². The van der Waals surface area contributed by atoms with Gasteiger partial charge in [0.15, 0.2) is 6.61 Å². The van der Waals surface area contributed by atoms with Gasteiger partial charge >= 0.3 is 0 Å². The number of halogens is 2. The highest BCUT2D eigenvalue weighted by molar-refractivity contribution is 6.30. The highest BCUT2D eigenvalue weighted by Gasteiger charge is 2.72. The zero-order valence-corrected chi connectivity index (χ0v) is 19.1. The van der Waals surface area contributed by atoms with Crippen molar-refractivity contribution < 1.29 is 23.5 Å². The van der Waals surface area contributed by atoms with Gasteiger partial charge in [-0.1, -0.05) is 29.3 Å². The summed E-state index contributed by atoms with van der Waals surface area (Å²) in [6.07, 6.45) is 3.67. The topological polar surface area (TPSA) is 76.7 Å². The van der Waals surface area contributed by atoms with Crippen molar-refractivity contribution >= 4 is 23.4 Å². The third-order valence-electron chi connectivity index (χ3n) is 6.91. The van der Waals surface area contributed by atoms with Gasteiger partial charge in [-0.2, -0.15) is 0 Å². The van der Waals surface area contributed by atoms with Crippen LogP contribution in [0.3, 0.4) is 0 Å². The number of nitrogens with one attached hydrogen (secondary N) is 2. The number of ether oxygens (including phenoxy) is 2. The molecule has 0 radical (unpaired) electrons. The van der Waals surface area contributed by atoms with Crippen molar-refractivity contribution in [1.82, 2.24) is 10.6 Å².